The van der Waals surface area contributed by atoms with Gasteiger partial charge >= 0.3 is 0 Å². The van der Waals surface area contributed by atoms with Crippen molar-refractivity contribution in [3.8, 4) is 11.5 Å². The smallest absolute Gasteiger partial charge is 0.264 e. The molecule has 0 heterocycles. The maximum Gasteiger partial charge on any atom is 0.264 e. The summed E-state index contributed by atoms with van der Waals surface area (Å²) in [4.78, 5) is 13.0. The number of para-hydroxylation sites is 1. The Labute approximate surface area is 192 Å². The van der Waals surface area contributed by atoms with Gasteiger partial charge in [-0.25, -0.2) is 8.42 Å². The fourth-order valence-electron chi connectivity index (χ4n) is 3.09. The highest BCUT2D eigenvalue weighted by molar-refractivity contribution is 7.92. The van der Waals surface area contributed by atoms with Gasteiger partial charge in [-0.2, -0.15) is 0 Å². The summed E-state index contributed by atoms with van der Waals surface area (Å²) in [5, 5.41) is 3.00. The highest BCUT2D eigenvalue weighted by Crippen LogP contribution is 2.36. The number of anilines is 2. The molecule has 0 saturated carbocycles. The minimum atomic E-state index is -4.00. The predicted octanol–water partition coefficient (Wildman–Crippen LogP) is 4.50. The number of methoxy groups -OCH3 is 2. The molecule has 0 unspecified atom stereocenters. The van der Waals surface area contributed by atoms with Crippen LogP contribution in [0.5, 0.6) is 11.5 Å². The Morgan fingerprint density at radius 1 is 0.969 bits per heavy atom. The fourth-order valence-corrected chi connectivity index (χ4v) is 4.85. The van der Waals surface area contributed by atoms with E-state index in [0.29, 0.717) is 27.9 Å². The van der Waals surface area contributed by atoms with Gasteiger partial charge in [0.05, 0.1) is 35.5 Å². The van der Waals surface area contributed by atoms with Crippen LogP contribution in [0.15, 0.2) is 71.6 Å². The van der Waals surface area contributed by atoms with Gasteiger partial charge in [-0.15, -0.1) is 0 Å². The van der Waals surface area contributed by atoms with Crippen LogP contribution in [0.25, 0.3) is 0 Å². The van der Waals surface area contributed by atoms with E-state index in [0.717, 1.165) is 9.87 Å². The molecule has 0 aliphatic carbocycles. The van der Waals surface area contributed by atoms with Crippen LogP contribution in [0.2, 0.25) is 5.02 Å². The molecule has 0 aromatic heterocycles. The number of nitrogens with one attached hydrogen (secondary N) is 1. The number of amides is 1. The number of carbonyl (C=O) groups excluding carboxylic acids is 1. The Kier molecular flexibility index (Phi) is 7.27. The lowest BCUT2D eigenvalue weighted by Crippen LogP contribution is -2.38. The largest absolute Gasteiger partial charge is 0.495 e. The standard InChI is InChI=1S/C23H23ClN2O5S/c1-16-8-7-11-18(12-16)32(28,29)26(17-9-5-4-6-10-17)15-23(27)25-20-14-21(30-2)19(24)13-22(20)31-3/h4-14H,15H2,1-3H3,(H,25,27). The third-order valence-corrected chi connectivity index (χ3v) is 6.72. The summed E-state index contributed by atoms with van der Waals surface area (Å²) in [6.45, 7) is 1.35. The average molecular weight is 475 g/mol. The molecule has 168 valence electrons. The summed E-state index contributed by atoms with van der Waals surface area (Å²) in [7, 11) is -1.12. The lowest BCUT2D eigenvalue weighted by Gasteiger charge is -2.24. The fraction of sp³-hybridized carbons (Fsp3) is 0.174. The van der Waals surface area contributed by atoms with Gasteiger partial charge in [-0.3, -0.25) is 9.10 Å². The van der Waals surface area contributed by atoms with Crippen LogP contribution in [0.4, 0.5) is 11.4 Å². The molecule has 3 aromatic rings. The number of hydrogen-bond acceptors (Lipinski definition) is 5. The molecule has 0 aliphatic heterocycles. The van der Waals surface area contributed by atoms with Crippen molar-refractivity contribution in [2.75, 3.05) is 30.4 Å². The van der Waals surface area contributed by atoms with E-state index in [1.165, 1.54) is 32.4 Å². The van der Waals surface area contributed by atoms with E-state index in [-0.39, 0.29) is 4.90 Å². The van der Waals surface area contributed by atoms with Crippen molar-refractivity contribution in [1.29, 1.82) is 0 Å². The summed E-state index contributed by atoms with van der Waals surface area (Å²) in [5.41, 5.74) is 1.46. The quantitative estimate of drug-likeness (QED) is 0.519. The molecule has 0 saturated heterocycles. The van der Waals surface area contributed by atoms with Crippen LogP contribution in [0, 0.1) is 6.92 Å². The Morgan fingerprint density at radius 3 is 2.28 bits per heavy atom. The Bertz CT molecular complexity index is 1220. The van der Waals surface area contributed by atoms with Crippen LogP contribution in [0.1, 0.15) is 5.56 Å². The monoisotopic (exact) mass is 474 g/mol. The summed E-state index contributed by atoms with van der Waals surface area (Å²) in [6.07, 6.45) is 0. The number of halogens is 1. The van der Waals surface area contributed by atoms with Crippen molar-refractivity contribution < 1.29 is 22.7 Å². The maximum absolute atomic E-state index is 13.4. The third kappa shape index (κ3) is 5.15. The molecule has 0 atom stereocenters. The summed E-state index contributed by atoms with van der Waals surface area (Å²) in [5.74, 6) is 0.0970. The van der Waals surface area contributed by atoms with Gasteiger partial charge in [0.25, 0.3) is 10.0 Å². The lowest BCUT2D eigenvalue weighted by molar-refractivity contribution is -0.114. The second-order valence-electron chi connectivity index (χ2n) is 6.90. The van der Waals surface area contributed by atoms with Crippen molar-refractivity contribution in [2.45, 2.75) is 11.8 Å². The molecule has 9 heteroatoms. The molecular formula is C23H23ClN2O5S. The van der Waals surface area contributed by atoms with Crippen LogP contribution in [-0.4, -0.2) is 35.1 Å². The number of sulfonamides is 1. The van der Waals surface area contributed by atoms with Crippen molar-refractivity contribution in [2.24, 2.45) is 0 Å². The van der Waals surface area contributed by atoms with E-state index in [1.807, 2.05) is 0 Å². The van der Waals surface area contributed by atoms with Crippen molar-refractivity contribution in [3.05, 3.63) is 77.3 Å². The number of aryl methyl sites for hydroxylation is 1. The number of carbonyl (C=O) groups is 1. The SMILES string of the molecule is COc1cc(NC(=O)CN(c2ccccc2)S(=O)(=O)c2cccc(C)c2)c(OC)cc1Cl. The first-order valence-electron chi connectivity index (χ1n) is 9.62. The number of benzene rings is 3. The van der Waals surface area contributed by atoms with Crippen molar-refractivity contribution in [1.82, 2.24) is 0 Å². The van der Waals surface area contributed by atoms with Crippen LogP contribution in [-0.2, 0) is 14.8 Å². The van der Waals surface area contributed by atoms with E-state index in [2.05, 4.69) is 5.32 Å². The summed E-state index contributed by atoms with van der Waals surface area (Å²) in [6, 6.07) is 18.0. The number of nitrogens with zero attached hydrogens (tertiary/aromatic N) is 1. The number of rotatable bonds is 8. The first-order valence-corrected chi connectivity index (χ1v) is 11.4. The van der Waals surface area contributed by atoms with E-state index >= 15 is 0 Å². The molecule has 3 rings (SSSR count). The number of hydrogen-bond donors (Lipinski definition) is 1. The topological polar surface area (TPSA) is 84.9 Å². The molecule has 32 heavy (non-hydrogen) atoms. The lowest BCUT2D eigenvalue weighted by atomic mass is 10.2. The first kappa shape index (κ1) is 23.4. The molecular weight excluding hydrogens is 452 g/mol. The Balaban J connectivity index is 1.95. The van der Waals surface area contributed by atoms with Gasteiger partial charge in [0.15, 0.2) is 0 Å². The zero-order valence-electron chi connectivity index (χ0n) is 17.8. The van der Waals surface area contributed by atoms with Gasteiger partial charge in [-0.1, -0.05) is 41.9 Å². The normalized spacial score (nSPS) is 11.0. The van der Waals surface area contributed by atoms with E-state index in [4.69, 9.17) is 21.1 Å². The average Bonchev–Trinajstić information content (AvgIpc) is 2.78. The predicted molar refractivity (Wildman–Crippen MR) is 125 cm³/mol. The van der Waals surface area contributed by atoms with Crippen molar-refractivity contribution >= 4 is 38.9 Å². The second-order valence-corrected chi connectivity index (χ2v) is 9.17. The highest BCUT2D eigenvalue weighted by atomic mass is 35.5. The van der Waals surface area contributed by atoms with Gasteiger partial charge in [0.2, 0.25) is 5.91 Å². The second kappa shape index (κ2) is 9.93. The third-order valence-electron chi connectivity index (χ3n) is 4.66. The van der Waals surface area contributed by atoms with E-state index in [1.54, 1.807) is 55.5 Å². The molecule has 1 N–H and O–H groups in total. The summed E-state index contributed by atoms with van der Waals surface area (Å²) >= 11 is 6.12. The summed E-state index contributed by atoms with van der Waals surface area (Å²) < 4.78 is 38.4. The van der Waals surface area contributed by atoms with Crippen LogP contribution < -0.4 is 19.1 Å². The van der Waals surface area contributed by atoms with Crippen molar-refractivity contribution in [3.63, 3.8) is 0 Å². The number of ether oxygens (including phenoxy) is 2. The van der Waals surface area contributed by atoms with Gasteiger partial charge in [0, 0.05) is 12.1 Å². The highest BCUT2D eigenvalue weighted by Gasteiger charge is 2.27. The van der Waals surface area contributed by atoms with Crippen LogP contribution in [0.3, 0.4) is 0 Å². The first-order chi connectivity index (χ1) is 15.3. The Hall–Kier alpha value is -3.23. The molecule has 3 aromatic carbocycles. The minimum absolute atomic E-state index is 0.0971. The van der Waals surface area contributed by atoms with Gasteiger partial charge in [-0.05, 0) is 36.8 Å². The molecule has 0 fully saturated rings. The maximum atomic E-state index is 13.4. The van der Waals surface area contributed by atoms with Crippen LogP contribution >= 0.6 is 11.6 Å². The van der Waals surface area contributed by atoms with Gasteiger partial charge < -0.3 is 14.8 Å². The van der Waals surface area contributed by atoms with E-state index in [9.17, 15) is 13.2 Å². The minimum Gasteiger partial charge on any atom is -0.495 e. The molecule has 0 spiro atoms. The molecule has 0 aliphatic rings. The Morgan fingerprint density at radius 2 is 1.66 bits per heavy atom. The molecule has 0 bridgehead atoms. The zero-order chi connectivity index (χ0) is 23.3. The molecule has 1 amide bonds. The zero-order valence-corrected chi connectivity index (χ0v) is 19.4. The molecule has 7 nitrogen and oxygen atoms in total. The molecule has 0 radical (unpaired) electrons. The van der Waals surface area contributed by atoms with E-state index < -0.39 is 22.5 Å². The van der Waals surface area contributed by atoms with Gasteiger partial charge in [0.1, 0.15) is 18.0 Å².